The zero-order chi connectivity index (χ0) is 3.54. The van der Waals surface area contributed by atoms with Crippen LogP contribution < -0.4 is 12.4 Å². The summed E-state index contributed by atoms with van der Waals surface area (Å²) in [6, 6.07) is 3.49. The molecule has 40 valence electrons. The van der Waals surface area contributed by atoms with Crippen molar-refractivity contribution in [3.05, 3.63) is 24.7 Å². The van der Waals surface area contributed by atoms with Crippen LogP contribution in [-0.4, -0.2) is 0 Å². The van der Waals surface area contributed by atoms with Crippen LogP contribution in [-0.2, 0) is 17.1 Å². The molecule has 1 heterocycles. The molecule has 0 aliphatic carbocycles. The molecule has 1 nitrogen and oxygen atoms in total. The number of furan rings is 1. The summed E-state index contributed by atoms with van der Waals surface area (Å²) in [5, 5.41) is 0. The normalized spacial score (nSPS) is 5.71. The molecule has 7 heavy (non-hydrogen) atoms. The molecule has 1 rings (SSSR count). The van der Waals surface area contributed by atoms with E-state index < -0.39 is 0 Å². The zero-order valence-corrected chi connectivity index (χ0v) is 5.33. The zero-order valence-electron chi connectivity index (χ0n) is 3.40. The predicted molar refractivity (Wildman–Crippen MR) is 17.5 cm³/mol. The fourth-order valence-electron chi connectivity index (χ4n) is 0.196. The van der Waals surface area contributed by atoms with Crippen molar-refractivity contribution in [2.24, 2.45) is 0 Å². The Labute approximate surface area is 59.0 Å². The molecule has 0 bridgehead atoms. The summed E-state index contributed by atoms with van der Waals surface area (Å²) >= 11 is 0. The molecule has 0 N–H and O–H groups in total. The molecule has 1 aromatic rings. The molecule has 0 amide bonds. The molecule has 0 unspecified atom stereocenters. The first-order chi connectivity index (χ1) is 2.50. The van der Waals surface area contributed by atoms with Crippen LogP contribution in [0.5, 0.6) is 0 Å². The van der Waals surface area contributed by atoms with E-state index in [1.807, 2.05) is 0 Å². The summed E-state index contributed by atoms with van der Waals surface area (Å²) < 4.78 is 4.46. The third kappa shape index (κ3) is 3.93. The van der Waals surface area contributed by atoms with E-state index in [4.69, 9.17) is 0 Å². The summed E-state index contributed by atoms with van der Waals surface area (Å²) in [6.45, 7) is 0. The van der Waals surface area contributed by atoms with Gasteiger partial charge in [-0.25, -0.2) is 0 Å². The van der Waals surface area contributed by atoms with Crippen LogP contribution in [0.25, 0.3) is 0 Å². The Kier molecular flexibility index (Phi) is 8.83. The Hall–Kier alpha value is 0.0895. The van der Waals surface area contributed by atoms with Crippen molar-refractivity contribution in [3.8, 4) is 0 Å². The van der Waals surface area contributed by atoms with E-state index in [0.29, 0.717) is 0 Å². The van der Waals surface area contributed by atoms with E-state index in [1.54, 1.807) is 18.4 Å². The molecule has 0 saturated carbocycles. The predicted octanol–water partition coefficient (Wildman–Crippen LogP) is -1.92. The number of hydrogen-bond donors (Lipinski definition) is 0. The van der Waals surface area contributed by atoms with Gasteiger partial charge in [0, 0.05) is 17.1 Å². The molecule has 0 aliphatic heterocycles. The Bertz CT molecular complexity index is 68.2. The number of hydrogen-bond acceptors (Lipinski definition) is 1. The van der Waals surface area contributed by atoms with Gasteiger partial charge in [-0.3, -0.25) is 0 Å². The number of rotatable bonds is 0. The van der Waals surface area contributed by atoms with Crippen molar-refractivity contribution in [1.82, 2.24) is 0 Å². The van der Waals surface area contributed by atoms with Crippen LogP contribution in [0.4, 0.5) is 0 Å². The van der Waals surface area contributed by atoms with Gasteiger partial charge < -0.3 is 16.8 Å². The van der Waals surface area contributed by atoms with Gasteiger partial charge in [0.25, 0.3) is 0 Å². The van der Waals surface area contributed by atoms with Gasteiger partial charge in [-0.2, -0.15) is 0 Å². The van der Waals surface area contributed by atoms with Crippen molar-refractivity contribution in [2.75, 3.05) is 0 Å². The van der Waals surface area contributed by atoms with Crippen LogP contribution in [0.3, 0.4) is 0 Å². The fourth-order valence-corrected chi connectivity index (χ4v) is 0.196. The molecule has 0 aliphatic rings. The first-order valence-electron chi connectivity index (χ1n) is 1.40. The van der Waals surface area contributed by atoms with E-state index >= 15 is 0 Å². The summed E-state index contributed by atoms with van der Waals surface area (Å²) in [6.07, 6.45) is 4.06. The first-order valence-corrected chi connectivity index (χ1v) is 1.40. The van der Waals surface area contributed by atoms with Gasteiger partial charge >= 0.3 is 0 Å². The maximum atomic E-state index is 4.46. The minimum Gasteiger partial charge on any atom is -1.00 e. The fraction of sp³-hybridized carbons (Fsp3) is 0. The van der Waals surface area contributed by atoms with Crippen molar-refractivity contribution in [2.45, 2.75) is 0 Å². The summed E-state index contributed by atoms with van der Waals surface area (Å²) in [5.41, 5.74) is 0. The van der Waals surface area contributed by atoms with E-state index in [0.717, 1.165) is 0 Å². The molecule has 0 aromatic carbocycles. The van der Waals surface area contributed by atoms with Crippen molar-refractivity contribution < 1.29 is 33.9 Å². The van der Waals surface area contributed by atoms with E-state index in [9.17, 15) is 0 Å². The van der Waals surface area contributed by atoms with Crippen LogP contribution in [0, 0.1) is 6.26 Å². The molecule has 3 heteroatoms. The molecule has 0 saturated heterocycles. The third-order valence-corrected chi connectivity index (χ3v) is 0.379. The van der Waals surface area contributed by atoms with Crippen LogP contribution in [0.2, 0.25) is 0 Å². The minimum atomic E-state index is 0. The maximum absolute atomic E-state index is 4.46. The first kappa shape index (κ1) is 10.1. The van der Waals surface area contributed by atoms with Crippen LogP contribution in [0.1, 0.15) is 0 Å². The van der Waals surface area contributed by atoms with Crippen molar-refractivity contribution in [1.29, 1.82) is 0 Å². The van der Waals surface area contributed by atoms with Gasteiger partial charge in [0.15, 0.2) is 6.26 Å². The minimum absolute atomic E-state index is 0. The average Bonchev–Trinajstić information content (AvgIpc) is 1.76. The van der Waals surface area contributed by atoms with Crippen LogP contribution >= 0.6 is 0 Å². The molecule has 0 atom stereocenters. The van der Waals surface area contributed by atoms with E-state index in [-0.39, 0.29) is 29.5 Å². The quantitative estimate of drug-likeness (QED) is 0.400. The van der Waals surface area contributed by atoms with Gasteiger partial charge in [0.05, 0.1) is 6.26 Å². The van der Waals surface area contributed by atoms with Gasteiger partial charge in [-0.1, -0.05) is 0 Å². The van der Waals surface area contributed by atoms with Gasteiger partial charge in [-0.05, 0) is 12.1 Å². The second-order valence-electron chi connectivity index (χ2n) is 0.731. The van der Waals surface area contributed by atoms with Crippen LogP contribution in [0.15, 0.2) is 22.8 Å². The topological polar surface area (TPSA) is 13.1 Å². The van der Waals surface area contributed by atoms with Crippen molar-refractivity contribution >= 4 is 0 Å². The van der Waals surface area contributed by atoms with Gasteiger partial charge in [0.1, 0.15) is 0 Å². The van der Waals surface area contributed by atoms with Gasteiger partial charge in [-0.15, -0.1) is 0 Å². The molecular weight excluding hydrogens is 154 g/mol. The second-order valence-corrected chi connectivity index (χ2v) is 0.731. The monoisotopic (exact) mass is 157 g/mol. The Morgan fingerprint density at radius 2 is 2.14 bits per heavy atom. The Morgan fingerprint density at radius 3 is 2.29 bits per heavy atom. The smallest absolute Gasteiger partial charge is 0.169 e. The summed E-state index contributed by atoms with van der Waals surface area (Å²) in [7, 11) is 0. The molecule has 0 spiro atoms. The van der Waals surface area contributed by atoms with E-state index in [1.165, 1.54) is 0 Å². The molecular formula is C4H3ClMnO-. The molecule has 1 aromatic heterocycles. The van der Waals surface area contributed by atoms with Crippen molar-refractivity contribution in [3.63, 3.8) is 0 Å². The standard InChI is InChI=1S/C4H3O.ClH.Mn/c1-2-4-5-3-1;;/h1-3H;1H;/p-1. The number of halogens is 1. The largest absolute Gasteiger partial charge is 1.00 e. The molecule has 2 radical (unpaired) electrons. The average molecular weight is 157 g/mol. The third-order valence-electron chi connectivity index (χ3n) is 0.379. The molecule has 0 fully saturated rings. The Morgan fingerprint density at radius 1 is 1.43 bits per heavy atom. The summed E-state index contributed by atoms with van der Waals surface area (Å²) in [5.74, 6) is 0. The Balaban J connectivity index is 0. The maximum Gasteiger partial charge on any atom is 0.169 e. The summed E-state index contributed by atoms with van der Waals surface area (Å²) in [4.78, 5) is 0. The van der Waals surface area contributed by atoms with E-state index in [2.05, 4.69) is 10.7 Å². The SMILES string of the molecule is [Cl-].[Mn].[c]1ccco1. The second kappa shape index (κ2) is 6.09. The van der Waals surface area contributed by atoms with Gasteiger partial charge in [0.2, 0.25) is 0 Å².